The molecule has 1 saturated heterocycles. The summed E-state index contributed by atoms with van der Waals surface area (Å²) in [5.41, 5.74) is 8.61. The first-order chi connectivity index (χ1) is 15.7. The van der Waals surface area contributed by atoms with Crippen LogP contribution >= 0.6 is 0 Å². The second-order valence-electron chi connectivity index (χ2n) is 8.74. The summed E-state index contributed by atoms with van der Waals surface area (Å²) in [7, 11) is 1.55. The fourth-order valence-corrected chi connectivity index (χ4v) is 4.17. The molecule has 4 rings (SSSR count). The fraction of sp³-hybridized carbons (Fsp3) is 0.348. The molecule has 1 fully saturated rings. The van der Waals surface area contributed by atoms with Gasteiger partial charge in [0.15, 0.2) is 0 Å². The average Bonchev–Trinajstić information content (AvgIpc) is 3.35. The zero-order chi connectivity index (χ0) is 23.8. The smallest absolute Gasteiger partial charge is 0.252 e. The number of hydrogen-bond acceptors (Lipinski definition) is 7. The number of fused-ring (bicyclic) bond motifs is 1. The molecule has 1 aliphatic heterocycles. The Balaban J connectivity index is 1.75. The molecule has 0 aliphatic carbocycles. The van der Waals surface area contributed by atoms with E-state index in [1.165, 1.54) is 6.20 Å². The SMILES string of the molecule is COc1cc(-c2cc3c(NC4CN(C(=O)CC#N)CC4(C)C)c(C(N)=O)cnn3c2)ccn1. The van der Waals surface area contributed by atoms with Gasteiger partial charge in [-0.1, -0.05) is 13.8 Å². The molecule has 1 atom stereocenters. The van der Waals surface area contributed by atoms with E-state index in [0.29, 0.717) is 30.2 Å². The number of nitrogens with two attached hydrogens (primary N) is 1. The summed E-state index contributed by atoms with van der Waals surface area (Å²) in [6, 6.07) is 7.34. The first-order valence-electron chi connectivity index (χ1n) is 10.5. The molecule has 33 heavy (non-hydrogen) atoms. The van der Waals surface area contributed by atoms with Gasteiger partial charge in [0.1, 0.15) is 6.42 Å². The predicted octanol–water partition coefficient (Wildman–Crippen LogP) is 2.07. The van der Waals surface area contributed by atoms with Crippen LogP contribution in [0.5, 0.6) is 5.88 Å². The zero-order valence-electron chi connectivity index (χ0n) is 18.7. The maximum Gasteiger partial charge on any atom is 0.252 e. The molecule has 10 heteroatoms. The van der Waals surface area contributed by atoms with Gasteiger partial charge in [-0.15, -0.1) is 0 Å². The summed E-state index contributed by atoms with van der Waals surface area (Å²) < 4.78 is 6.90. The highest BCUT2D eigenvalue weighted by Crippen LogP contribution is 2.35. The maximum absolute atomic E-state index is 12.3. The Bertz CT molecular complexity index is 1270. The number of rotatable bonds is 6. The van der Waals surface area contributed by atoms with E-state index in [1.54, 1.807) is 22.7 Å². The molecule has 1 unspecified atom stereocenters. The predicted molar refractivity (Wildman–Crippen MR) is 121 cm³/mol. The van der Waals surface area contributed by atoms with Crippen molar-refractivity contribution in [3.05, 3.63) is 42.4 Å². The number of nitrogens with zero attached hydrogens (tertiary/aromatic N) is 5. The van der Waals surface area contributed by atoms with Gasteiger partial charge in [-0.25, -0.2) is 9.50 Å². The summed E-state index contributed by atoms with van der Waals surface area (Å²) in [6.45, 7) is 5.00. The summed E-state index contributed by atoms with van der Waals surface area (Å²) in [6.07, 6.45) is 4.79. The van der Waals surface area contributed by atoms with Gasteiger partial charge < -0.3 is 20.7 Å². The topological polar surface area (TPSA) is 139 Å². The molecule has 10 nitrogen and oxygen atoms in total. The molecule has 3 aromatic rings. The second kappa shape index (κ2) is 8.43. The lowest BCUT2D eigenvalue weighted by Crippen LogP contribution is -2.35. The van der Waals surface area contributed by atoms with Crippen LogP contribution in [-0.4, -0.2) is 57.6 Å². The number of carbonyl (C=O) groups is 2. The van der Waals surface area contributed by atoms with Crippen LogP contribution < -0.4 is 15.8 Å². The van der Waals surface area contributed by atoms with Crippen molar-refractivity contribution in [2.24, 2.45) is 11.1 Å². The van der Waals surface area contributed by atoms with Gasteiger partial charge in [-0.3, -0.25) is 9.59 Å². The number of hydrogen-bond donors (Lipinski definition) is 2. The molecular formula is C23H25N7O3. The lowest BCUT2D eigenvalue weighted by molar-refractivity contribution is -0.129. The van der Waals surface area contributed by atoms with Crippen LogP contribution in [-0.2, 0) is 4.79 Å². The normalized spacial score (nSPS) is 17.0. The number of primary amides is 1. The Labute approximate surface area is 191 Å². The van der Waals surface area contributed by atoms with Crippen molar-refractivity contribution in [2.75, 3.05) is 25.5 Å². The zero-order valence-corrected chi connectivity index (χ0v) is 18.7. The third-order valence-corrected chi connectivity index (χ3v) is 6.03. The quantitative estimate of drug-likeness (QED) is 0.590. The van der Waals surface area contributed by atoms with E-state index in [-0.39, 0.29) is 29.3 Å². The van der Waals surface area contributed by atoms with Crippen molar-refractivity contribution in [3.8, 4) is 23.1 Å². The number of pyridine rings is 1. The van der Waals surface area contributed by atoms with Crippen molar-refractivity contribution in [2.45, 2.75) is 26.3 Å². The standard InChI is InChI=1S/C23H25N7O3/c1-23(2)13-29(20(31)4-6-24)12-18(23)28-21-16(22(25)32)10-27-30-11-15(8-17(21)30)14-5-7-26-19(9-14)33-3/h5,7-11,18,28H,4,12-13H2,1-3H3,(H2,25,32). The molecule has 1 aliphatic rings. The highest BCUT2D eigenvalue weighted by atomic mass is 16.5. The van der Waals surface area contributed by atoms with Gasteiger partial charge in [-0.05, 0) is 17.7 Å². The van der Waals surface area contributed by atoms with E-state index in [9.17, 15) is 9.59 Å². The van der Waals surface area contributed by atoms with E-state index >= 15 is 0 Å². The number of carbonyl (C=O) groups excluding carboxylic acids is 2. The van der Waals surface area contributed by atoms with Crippen LogP contribution in [0.25, 0.3) is 16.6 Å². The van der Waals surface area contributed by atoms with Crippen LogP contribution in [0.1, 0.15) is 30.6 Å². The lowest BCUT2D eigenvalue weighted by atomic mass is 9.87. The highest BCUT2D eigenvalue weighted by Gasteiger charge is 2.41. The molecule has 170 valence electrons. The van der Waals surface area contributed by atoms with Crippen molar-refractivity contribution in [3.63, 3.8) is 0 Å². The van der Waals surface area contributed by atoms with Crippen molar-refractivity contribution < 1.29 is 14.3 Å². The number of nitriles is 1. The summed E-state index contributed by atoms with van der Waals surface area (Å²) in [4.78, 5) is 30.3. The number of anilines is 1. The van der Waals surface area contributed by atoms with Gasteiger partial charge in [0.05, 0.1) is 42.2 Å². The van der Waals surface area contributed by atoms with E-state index in [0.717, 1.165) is 11.1 Å². The summed E-state index contributed by atoms with van der Waals surface area (Å²) in [5, 5.41) is 16.7. The van der Waals surface area contributed by atoms with E-state index in [1.807, 2.05) is 44.3 Å². The average molecular weight is 447 g/mol. The number of aromatic nitrogens is 3. The number of ether oxygens (including phenoxy) is 1. The minimum atomic E-state index is -0.603. The van der Waals surface area contributed by atoms with Crippen molar-refractivity contribution >= 4 is 23.0 Å². The molecule has 0 saturated carbocycles. The van der Waals surface area contributed by atoms with Gasteiger partial charge in [0.2, 0.25) is 11.8 Å². The summed E-state index contributed by atoms with van der Waals surface area (Å²) >= 11 is 0. The molecule has 0 radical (unpaired) electrons. The molecule has 3 N–H and O–H groups in total. The van der Waals surface area contributed by atoms with E-state index in [4.69, 9.17) is 15.7 Å². The molecular weight excluding hydrogens is 422 g/mol. The third-order valence-electron chi connectivity index (χ3n) is 6.03. The molecule has 0 bridgehead atoms. The molecule has 4 heterocycles. The molecule has 2 amide bonds. The Hall–Kier alpha value is -4.13. The van der Waals surface area contributed by atoms with Crippen molar-refractivity contribution in [1.29, 1.82) is 5.26 Å². The van der Waals surface area contributed by atoms with E-state index < -0.39 is 5.91 Å². The van der Waals surface area contributed by atoms with Crippen LogP contribution in [0.2, 0.25) is 0 Å². The molecule has 0 aromatic carbocycles. The number of nitrogens with one attached hydrogen (secondary N) is 1. The maximum atomic E-state index is 12.3. The largest absolute Gasteiger partial charge is 0.481 e. The summed E-state index contributed by atoms with van der Waals surface area (Å²) in [5.74, 6) is -0.322. The molecule has 3 aromatic heterocycles. The number of amides is 2. The number of likely N-dealkylation sites (tertiary alicyclic amines) is 1. The minimum Gasteiger partial charge on any atom is -0.481 e. The van der Waals surface area contributed by atoms with Gasteiger partial charge in [-0.2, -0.15) is 10.4 Å². The van der Waals surface area contributed by atoms with Gasteiger partial charge >= 0.3 is 0 Å². The minimum absolute atomic E-state index is 0.160. The monoisotopic (exact) mass is 447 g/mol. The van der Waals surface area contributed by atoms with Crippen molar-refractivity contribution in [1.82, 2.24) is 19.5 Å². The van der Waals surface area contributed by atoms with E-state index in [2.05, 4.69) is 15.4 Å². The molecule has 0 spiro atoms. The van der Waals surface area contributed by atoms with Crippen LogP contribution in [0, 0.1) is 16.7 Å². The van der Waals surface area contributed by atoms with Crippen LogP contribution in [0.15, 0.2) is 36.8 Å². The third kappa shape index (κ3) is 4.17. The van der Waals surface area contributed by atoms with Crippen LogP contribution in [0.3, 0.4) is 0 Å². The first-order valence-corrected chi connectivity index (χ1v) is 10.5. The Kier molecular flexibility index (Phi) is 5.64. The Morgan fingerprint density at radius 3 is 2.85 bits per heavy atom. The lowest BCUT2D eigenvalue weighted by Gasteiger charge is -2.28. The highest BCUT2D eigenvalue weighted by molar-refractivity contribution is 6.02. The Morgan fingerprint density at radius 2 is 2.15 bits per heavy atom. The van der Waals surface area contributed by atoms with Crippen LogP contribution in [0.4, 0.5) is 5.69 Å². The van der Waals surface area contributed by atoms with Gasteiger partial charge in [0, 0.05) is 42.5 Å². The second-order valence-corrected chi connectivity index (χ2v) is 8.74. The first kappa shape index (κ1) is 22.1. The Morgan fingerprint density at radius 1 is 1.36 bits per heavy atom. The fourth-order valence-electron chi connectivity index (χ4n) is 4.17. The van der Waals surface area contributed by atoms with Gasteiger partial charge in [0.25, 0.3) is 5.91 Å². The number of methoxy groups -OCH3 is 1.